The Morgan fingerprint density at radius 2 is 1.49 bits per heavy atom. The minimum atomic E-state index is -1.32. The lowest BCUT2D eigenvalue weighted by atomic mass is 10.1. The molecular formula is C24H46N6O9. The highest BCUT2D eigenvalue weighted by Gasteiger charge is 2.35. The number of nitrogens with two attached hydrogens (primary N) is 1. The van der Waals surface area contributed by atoms with Crippen LogP contribution in [0.1, 0.15) is 12.8 Å². The van der Waals surface area contributed by atoms with E-state index in [4.69, 9.17) is 34.2 Å². The predicted octanol–water partition coefficient (Wildman–Crippen LogP) is -1.41. The van der Waals surface area contributed by atoms with Crippen molar-refractivity contribution in [2.24, 2.45) is 5.73 Å². The zero-order valence-corrected chi connectivity index (χ0v) is 22.8. The SMILES string of the molecule is COC(CO)C(O)C(O)N1CNc2c(NCCCOCCOCCOCCOCCOCCCN)ncnc21. The normalized spacial score (nSPS) is 15.2. The predicted molar refractivity (Wildman–Crippen MR) is 144 cm³/mol. The van der Waals surface area contributed by atoms with Crippen LogP contribution in [-0.4, -0.2) is 143 Å². The molecule has 0 saturated heterocycles. The quantitative estimate of drug-likeness (QED) is 0.0760. The number of nitrogens with one attached hydrogen (secondary N) is 2. The summed E-state index contributed by atoms with van der Waals surface area (Å²) < 4.78 is 32.3. The number of fused-ring (bicyclic) bond motifs is 1. The Hall–Kier alpha value is -1.92. The Morgan fingerprint density at radius 1 is 0.923 bits per heavy atom. The number of aliphatic hydroxyl groups excluding tert-OH is 3. The number of anilines is 3. The topological polar surface area (TPSA) is 195 Å². The van der Waals surface area contributed by atoms with Crippen LogP contribution in [0.4, 0.5) is 17.3 Å². The third-order valence-electron chi connectivity index (χ3n) is 5.75. The maximum absolute atomic E-state index is 10.6. The molecule has 1 aliphatic rings. The van der Waals surface area contributed by atoms with E-state index in [1.165, 1.54) is 18.3 Å². The van der Waals surface area contributed by atoms with Gasteiger partial charge in [-0.2, -0.15) is 0 Å². The molecule has 0 saturated carbocycles. The summed E-state index contributed by atoms with van der Waals surface area (Å²) in [7, 11) is 1.35. The van der Waals surface area contributed by atoms with Gasteiger partial charge in [-0.15, -0.1) is 0 Å². The fraction of sp³-hybridized carbons (Fsp3) is 0.833. The van der Waals surface area contributed by atoms with E-state index < -0.39 is 25.0 Å². The van der Waals surface area contributed by atoms with Crippen molar-refractivity contribution in [1.29, 1.82) is 0 Å². The molecule has 0 aromatic carbocycles. The van der Waals surface area contributed by atoms with Crippen molar-refractivity contribution in [1.82, 2.24) is 9.97 Å². The van der Waals surface area contributed by atoms with E-state index in [0.29, 0.717) is 96.5 Å². The summed E-state index contributed by atoms with van der Waals surface area (Å²) in [6.45, 7) is 6.38. The lowest BCUT2D eigenvalue weighted by molar-refractivity contribution is -0.0921. The van der Waals surface area contributed by atoms with Gasteiger partial charge in [0.05, 0.1) is 66.1 Å². The van der Waals surface area contributed by atoms with Crippen molar-refractivity contribution >= 4 is 17.3 Å². The number of ether oxygens (including phenoxy) is 6. The fourth-order valence-electron chi connectivity index (χ4n) is 3.60. The second-order valence-corrected chi connectivity index (χ2v) is 8.57. The van der Waals surface area contributed by atoms with Gasteiger partial charge >= 0.3 is 0 Å². The average Bonchev–Trinajstić information content (AvgIpc) is 3.39. The number of rotatable bonds is 25. The van der Waals surface area contributed by atoms with Crippen LogP contribution in [0.15, 0.2) is 6.33 Å². The zero-order chi connectivity index (χ0) is 28.1. The first-order valence-corrected chi connectivity index (χ1v) is 13.3. The molecule has 15 heteroatoms. The van der Waals surface area contributed by atoms with Crippen LogP contribution in [0.5, 0.6) is 0 Å². The van der Waals surface area contributed by atoms with Crippen LogP contribution in [0.3, 0.4) is 0 Å². The fourth-order valence-corrected chi connectivity index (χ4v) is 3.60. The Morgan fingerprint density at radius 3 is 2.03 bits per heavy atom. The van der Waals surface area contributed by atoms with Gasteiger partial charge in [-0.05, 0) is 19.4 Å². The van der Waals surface area contributed by atoms with E-state index in [2.05, 4.69) is 20.6 Å². The van der Waals surface area contributed by atoms with Gasteiger partial charge in [0, 0.05) is 26.9 Å². The summed E-state index contributed by atoms with van der Waals surface area (Å²) in [6.07, 6.45) is -0.579. The molecule has 0 bridgehead atoms. The van der Waals surface area contributed by atoms with Crippen LogP contribution in [0.2, 0.25) is 0 Å². The van der Waals surface area contributed by atoms with Crippen LogP contribution in [0, 0.1) is 0 Å². The van der Waals surface area contributed by atoms with E-state index in [1.807, 2.05) is 0 Å². The summed E-state index contributed by atoms with van der Waals surface area (Å²) in [5.74, 6) is 1.03. The molecule has 7 N–H and O–H groups in total. The molecule has 0 aliphatic carbocycles. The highest BCUT2D eigenvalue weighted by atomic mass is 16.6. The lowest BCUT2D eigenvalue weighted by Crippen LogP contribution is -2.50. The van der Waals surface area contributed by atoms with Gasteiger partial charge in [-0.3, -0.25) is 0 Å². The third kappa shape index (κ3) is 12.4. The highest BCUT2D eigenvalue weighted by Crippen LogP contribution is 2.35. The number of aliphatic hydroxyl groups is 3. The van der Waals surface area contributed by atoms with Crippen molar-refractivity contribution in [2.45, 2.75) is 31.3 Å². The standard InChI is InChI=1S/C24H46N6O9/c1-34-19(16-31)21(32)24(33)30-18-29-20-22(27-17-28-23(20)30)26-5-3-7-36-9-11-38-13-15-39-14-12-37-10-8-35-6-2-4-25/h17,19,21,24,29,31-33H,2-16,18,25H2,1H3,(H,26,27,28). The van der Waals surface area contributed by atoms with Crippen molar-refractivity contribution in [3.8, 4) is 0 Å². The van der Waals surface area contributed by atoms with Crippen molar-refractivity contribution in [2.75, 3.05) is 115 Å². The molecule has 0 amide bonds. The molecule has 1 aromatic rings. The molecule has 226 valence electrons. The largest absolute Gasteiger partial charge is 0.394 e. The van der Waals surface area contributed by atoms with Gasteiger partial charge in [0.15, 0.2) is 17.9 Å². The van der Waals surface area contributed by atoms with Gasteiger partial charge < -0.3 is 65.0 Å². The second kappa shape index (κ2) is 20.9. The molecule has 39 heavy (non-hydrogen) atoms. The van der Waals surface area contributed by atoms with Crippen LogP contribution in [0.25, 0.3) is 0 Å². The second-order valence-electron chi connectivity index (χ2n) is 8.57. The van der Waals surface area contributed by atoms with Crippen molar-refractivity contribution in [3.63, 3.8) is 0 Å². The van der Waals surface area contributed by atoms with Crippen molar-refractivity contribution in [3.05, 3.63) is 6.33 Å². The van der Waals surface area contributed by atoms with Crippen molar-refractivity contribution < 1.29 is 43.7 Å². The van der Waals surface area contributed by atoms with Crippen LogP contribution >= 0.6 is 0 Å². The Kier molecular flexibility index (Phi) is 17.8. The molecule has 1 aliphatic heterocycles. The minimum absolute atomic E-state index is 0.218. The summed E-state index contributed by atoms with van der Waals surface area (Å²) in [5.41, 5.74) is 6.01. The molecule has 1 aromatic heterocycles. The van der Waals surface area contributed by atoms with E-state index in [0.717, 1.165) is 12.8 Å². The van der Waals surface area contributed by atoms with Crippen LogP contribution in [-0.2, 0) is 28.4 Å². The summed E-state index contributed by atoms with van der Waals surface area (Å²) in [4.78, 5) is 9.97. The first-order valence-electron chi connectivity index (χ1n) is 13.3. The Balaban J connectivity index is 1.48. The molecule has 15 nitrogen and oxygen atoms in total. The molecular weight excluding hydrogens is 516 g/mol. The van der Waals surface area contributed by atoms with Gasteiger partial charge in [0.1, 0.15) is 24.2 Å². The highest BCUT2D eigenvalue weighted by molar-refractivity contribution is 5.81. The van der Waals surface area contributed by atoms with E-state index in [9.17, 15) is 15.3 Å². The monoisotopic (exact) mass is 562 g/mol. The maximum Gasteiger partial charge on any atom is 0.161 e. The van der Waals surface area contributed by atoms with Crippen LogP contribution < -0.4 is 21.3 Å². The van der Waals surface area contributed by atoms with E-state index >= 15 is 0 Å². The number of methoxy groups -OCH3 is 1. The number of hydrogen-bond donors (Lipinski definition) is 6. The molecule has 0 spiro atoms. The van der Waals surface area contributed by atoms with Gasteiger partial charge in [-0.1, -0.05) is 0 Å². The van der Waals surface area contributed by atoms with Gasteiger partial charge in [0.25, 0.3) is 0 Å². The average molecular weight is 563 g/mol. The zero-order valence-electron chi connectivity index (χ0n) is 22.8. The van der Waals surface area contributed by atoms with Gasteiger partial charge in [0.2, 0.25) is 0 Å². The molecule has 0 radical (unpaired) electrons. The summed E-state index contributed by atoms with van der Waals surface area (Å²) >= 11 is 0. The smallest absolute Gasteiger partial charge is 0.161 e. The Labute approximate surface area is 229 Å². The molecule has 0 fully saturated rings. The molecule has 3 unspecified atom stereocenters. The van der Waals surface area contributed by atoms with E-state index in [-0.39, 0.29) is 6.67 Å². The first kappa shape index (κ1) is 33.3. The summed E-state index contributed by atoms with van der Waals surface area (Å²) in [5, 5.41) is 36.5. The maximum atomic E-state index is 10.6. The third-order valence-corrected chi connectivity index (χ3v) is 5.75. The lowest BCUT2D eigenvalue weighted by Gasteiger charge is -2.31. The summed E-state index contributed by atoms with van der Waals surface area (Å²) in [6, 6.07) is 0. The first-order chi connectivity index (χ1) is 19.1. The molecule has 2 heterocycles. The van der Waals surface area contributed by atoms with E-state index in [1.54, 1.807) is 0 Å². The van der Waals surface area contributed by atoms with Gasteiger partial charge in [-0.25, -0.2) is 9.97 Å². The molecule has 3 atom stereocenters. The number of nitrogens with zero attached hydrogens (tertiary/aromatic N) is 3. The number of hydrogen-bond acceptors (Lipinski definition) is 15. The molecule has 2 rings (SSSR count). The number of aromatic nitrogens is 2. The Bertz CT molecular complexity index is 750. The minimum Gasteiger partial charge on any atom is -0.394 e.